The van der Waals surface area contributed by atoms with Crippen LogP contribution in [0.1, 0.15) is 32.4 Å². The zero-order chi connectivity index (χ0) is 21.9. The number of fused-ring (bicyclic) bond motifs is 1. The second-order valence-electron chi connectivity index (χ2n) is 8.45. The van der Waals surface area contributed by atoms with Gasteiger partial charge in [0.2, 0.25) is 5.88 Å². The van der Waals surface area contributed by atoms with Gasteiger partial charge in [0.15, 0.2) is 0 Å². The molecule has 1 aliphatic heterocycles. The van der Waals surface area contributed by atoms with E-state index in [2.05, 4.69) is 14.9 Å². The van der Waals surface area contributed by atoms with Gasteiger partial charge < -0.3 is 24.6 Å². The lowest BCUT2D eigenvalue weighted by molar-refractivity contribution is -0.0590. The van der Waals surface area contributed by atoms with Crippen LogP contribution in [0.2, 0.25) is 0 Å². The average molecular weight is 418 g/mol. The second kappa shape index (κ2) is 9.11. The van der Waals surface area contributed by atoms with Crippen LogP contribution in [0.4, 0.5) is 4.79 Å². The fourth-order valence-corrected chi connectivity index (χ4v) is 3.65. The number of hydrogen-bond donors (Lipinski definition) is 2. The van der Waals surface area contributed by atoms with Gasteiger partial charge in [0.05, 0.1) is 43.5 Å². The molecule has 1 saturated heterocycles. The summed E-state index contributed by atoms with van der Waals surface area (Å²) in [4.78, 5) is 23.9. The van der Waals surface area contributed by atoms with Gasteiger partial charge in [-0.25, -0.2) is 9.78 Å². The number of carboxylic acid groups (broad SMARTS) is 1. The first-order valence-electron chi connectivity index (χ1n) is 10.0. The molecule has 1 aliphatic rings. The van der Waals surface area contributed by atoms with E-state index in [0.717, 1.165) is 0 Å². The van der Waals surface area contributed by atoms with Crippen LogP contribution >= 0.6 is 0 Å². The Kier molecular flexibility index (Phi) is 6.74. The van der Waals surface area contributed by atoms with Crippen LogP contribution < -0.4 is 4.74 Å². The summed E-state index contributed by atoms with van der Waals surface area (Å²) in [7, 11) is 1.55. The van der Waals surface area contributed by atoms with E-state index in [9.17, 15) is 15.0 Å². The van der Waals surface area contributed by atoms with Gasteiger partial charge in [0.25, 0.3) is 0 Å². The Morgan fingerprint density at radius 3 is 2.83 bits per heavy atom. The van der Waals surface area contributed by atoms with E-state index in [1.165, 1.54) is 4.90 Å². The number of aromatic nitrogens is 2. The van der Waals surface area contributed by atoms with Crippen molar-refractivity contribution in [2.45, 2.75) is 38.5 Å². The molecule has 0 aliphatic carbocycles. The van der Waals surface area contributed by atoms with Crippen molar-refractivity contribution in [3.8, 4) is 5.88 Å². The van der Waals surface area contributed by atoms with Crippen LogP contribution in [0.3, 0.4) is 0 Å². The molecule has 1 fully saturated rings. The smallest absolute Gasteiger partial charge is 0.407 e. The highest BCUT2D eigenvalue weighted by molar-refractivity contribution is 5.78. The maximum absolute atomic E-state index is 11.6. The number of amides is 1. The number of nitrogens with zero attached hydrogens (tertiary/aromatic N) is 4. The van der Waals surface area contributed by atoms with Crippen molar-refractivity contribution in [2.75, 3.05) is 39.9 Å². The third-order valence-electron chi connectivity index (χ3n) is 5.24. The number of pyridine rings is 2. The van der Waals surface area contributed by atoms with Gasteiger partial charge in [0.1, 0.15) is 0 Å². The number of aliphatic hydroxyl groups is 1. The highest BCUT2D eigenvalue weighted by Crippen LogP contribution is 2.25. The van der Waals surface area contributed by atoms with Gasteiger partial charge in [-0.1, -0.05) is 0 Å². The van der Waals surface area contributed by atoms with E-state index in [1.54, 1.807) is 25.4 Å². The molecule has 30 heavy (non-hydrogen) atoms. The molecule has 2 aromatic rings. The number of morpholine rings is 1. The van der Waals surface area contributed by atoms with Crippen molar-refractivity contribution in [3.63, 3.8) is 0 Å². The molecular weight excluding hydrogens is 388 g/mol. The molecule has 9 heteroatoms. The molecule has 164 valence electrons. The van der Waals surface area contributed by atoms with Crippen LogP contribution in [-0.2, 0) is 4.74 Å². The third kappa shape index (κ3) is 5.16. The Balaban J connectivity index is 1.70. The van der Waals surface area contributed by atoms with E-state index in [1.807, 2.05) is 26.8 Å². The first-order valence-corrected chi connectivity index (χ1v) is 10.0. The minimum Gasteiger partial charge on any atom is -0.481 e. The molecule has 0 bridgehead atoms. The average Bonchev–Trinajstić information content (AvgIpc) is 2.70. The fraction of sp³-hybridized carbons (Fsp3) is 0.571. The van der Waals surface area contributed by atoms with Crippen molar-refractivity contribution in [1.82, 2.24) is 19.8 Å². The standard InChI is InChI=1S/C21H30N4O5/c1-21(2,3)25(20(27)28)12-14-11-24(9-10-30-14)13-17(26)15-7-8-22-16-5-6-18(29-4)23-19(15)16/h5-8,14,17,26H,9-13H2,1-4H3,(H,27,28)/t14-,17+/m1/s1. The maximum atomic E-state index is 11.6. The number of hydrogen-bond acceptors (Lipinski definition) is 7. The van der Waals surface area contributed by atoms with Gasteiger partial charge in [-0.3, -0.25) is 9.88 Å². The Labute approximate surface area is 176 Å². The number of methoxy groups -OCH3 is 1. The first-order chi connectivity index (χ1) is 14.2. The molecule has 9 nitrogen and oxygen atoms in total. The largest absolute Gasteiger partial charge is 0.481 e. The highest BCUT2D eigenvalue weighted by atomic mass is 16.5. The van der Waals surface area contributed by atoms with Crippen LogP contribution in [0.25, 0.3) is 11.0 Å². The number of rotatable bonds is 6. The number of aliphatic hydroxyl groups excluding tert-OH is 1. The molecule has 1 amide bonds. The summed E-state index contributed by atoms with van der Waals surface area (Å²) in [6.45, 7) is 7.94. The summed E-state index contributed by atoms with van der Waals surface area (Å²) in [5, 5.41) is 20.5. The minimum atomic E-state index is -0.966. The molecule has 0 unspecified atom stereocenters. The van der Waals surface area contributed by atoms with Crippen molar-refractivity contribution in [3.05, 3.63) is 30.0 Å². The summed E-state index contributed by atoms with van der Waals surface area (Å²) in [5.74, 6) is 0.464. The van der Waals surface area contributed by atoms with Gasteiger partial charge in [-0.2, -0.15) is 0 Å². The molecular formula is C21H30N4O5. The van der Waals surface area contributed by atoms with E-state index < -0.39 is 17.7 Å². The van der Waals surface area contributed by atoms with Gasteiger partial charge in [-0.15, -0.1) is 0 Å². The SMILES string of the molecule is COc1ccc2nccc([C@@H](O)CN3CCO[C@@H](CN(C(=O)O)C(C)(C)C)C3)c2n1. The van der Waals surface area contributed by atoms with Gasteiger partial charge >= 0.3 is 6.09 Å². The molecule has 0 saturated carbocycles. The van der Waals surface area contributed by atoms with Crippen molar-refractivity contribution in [2.24, 2.45) is 0 Å². The minimum absolute atomic E-state index is 0.256. The summed E-state index contributed by atoms with van der Waals surface area (Å²) >= 11 is 0. The van der Waals surface area contributed by atoms with Crippen LogP contribution in [0, 0.1) is 0 Å². The summed E-state index contributed by atoms with van der Waals surface area (Å²) in [6.07, 6.45) is -0.335. The zero-order valence-electron chi connectivity index (χ0n) is 17.9. The molecule has 3 heterocycles. The van der Waals surface area contributed by atoms with Crippen molar-refractivity contribution >= 4 is 17.1 Å². The van der Waals surface area contributed by atoms with Crippen LogP contribution in [-0.4, -0.2) is 87.6 Å². The fourth-order valence-electron chi connectivity index (χ4n) is 3.65. The Morgan fingerprint density at radius 2 is 2.17 bits per heavy atom. The molecule has 2 N–H and O–H groups in total. The molecule has 2 atom stereocenters. The zero-order valence-corrected chi connectivity index (χ0v) is 17.9. The lowest BCUT2D eigenvalue weighted by atomic mass is 10.1. The number of β-amino-alcohol motifs (C(OH)–C–C–N with tert-alkyl or cyclic N) is 1. The molecule has 3 rings (SSSR count). The highest BCUT2D eigenvalue weighted by Gasteiger charge is 2.32. The normalized spacial score (nSPS) is 18.9. The topological polar surface area (TPSA) is 108 Å². The third-order valence-corrected chi connectivity index (χ3v) is 5.24. The van der Waals surface area contributed by atoms with Crippen molar-refractivity contribution < 1.29 is 24.5 Å². The predicted molar refractivity (Wildman–Crippen MR) is 112 cm³/mol. The molecule has 0 aromatic carbocycles. The van der Waals surface area contributed by atoms with Gasteiger partial charge in [-0.05, 0) is 32.9 Å². The monoisotopic (exact) mass is 418 g/mol. The van der Waals surface area contributed by atoms with E-state index in [0.29, 0.717) is 48.7 Å². The summed E-state index contributed by atoms with van der Waals surface area (Å²) < 4.78 is 11.0. The van der Waals surface area contributed by atoms with Crippen LogP contribution in [0.5, 0.6) is 5.88 Å². The van der Waals surface area contributed by atoms with E-state index in [4.69, 9.17) is 9.47 Å². The number of carbonyl (C=O) groups is 1. The lowest BCUT2D eigenvalue weighted by Crippen LogP contribution is -2.53. The molecule has 2 aromatic heterocycles. The Hall–Kier alpha value is -2.49. The maximum Gasteiger partial charge on any atom is 0.407 e. The predicted octanol–water partition coefficient (Wildman–Crippen LogP) is 2.15. The molecule has 0 spiro atoms. The number of ether oxygens (including phenoxy) is 2. The lowest BCUT2D eigenvalue weighted by Gasteiger charge is -2.39. The van der Waals surface area contributed by atoms with Crippen molar-refractivity contribution in [1.29, 1.82) is 0 Å². The Morgan fingerprint density at radius 1 is 1.40 bits per heavy atom. The Bertz CT molecular complexity index is 885. The van der Waals surface area contributed by atoms with E-state index >= 15 is 0 Å². The summed E-state index contributed by atoms with van der Waals surface area (Å²) in [6, 6.07) is 5.32. The van der Waals surface area contributed by atoms with Crippen LogP contribution in [0.15, 0.2) is 24.4 Å². The quantitative estimate of drug-likeness (QED) is 0.735. The van der Waals surface area contributed by atoms with Gasteiger partial charge in [0, 0.05) is 43.0 Å². The van der Waals surface area contributed by atoms with E-state index in [-0.39, 0.29) is 12.6 Å². The second-order valence-corrected chi connectivity index (χ2v) is 8.45. The first kappa shape index (κ1) is 22.2. The summed E-state index contributed by atoms with van der Waals surface area (Å²) in [5.41, 5.74) is 1.47. The molecule has 0 radical (unpaired) electrons.